The van der Waals surface area contributed by atoms with E-state index in [2.05, 4.69) is 0 Å². The molecule has 15 heavy (non-hydrogen) atoms. The first-order chi connectivity index (χ1) is 7.29. The van der Waals surface area contributed by atoms with E-state index in [0.717, 1.165) is 12.8 Å². The van der Waals surface area contributed by atoms with Crippen LogP contribution in [0.4, 0.5) is 0 Å². The normalized spacial score (nSPS) is 25.5. The second-order valence-corrected chi connectivity index (χ2v) is 4.46. The van der Waals surface area contributed by atoms with Gasteiger partial charge in [-0.05, 0) is 18.8 Å². The maximum Gasteiger partial charge on any atom is 0.241 e. The number of carbonyl (C=O) groups is 1. The molecule has 1 atom stereocenters. The van der Waals surface area contributed by atoms with Gasteiger partial charge in [0.15, 0.2) is 0 Å². The van der Waals surface area contributed by atoms with Crippen molar-refractivity contribution < 1.29 is 9.53 Å². The fraction of sp³-hybridized carbons (Fsp3) is 0.909. The van der Waals surface area contributed by atoms with E-state index in [4.69, 9.17) is 10.5 Å². The van der Waals surface area contributed by atoms with Gasteiger partial charge in [0.05, 0.1) is 13.2 Å². The molecule has 1 saturated carbocycles. The quantitative estimate of drug-likeness (QED) is 0.674. The summed E-state index contributed by atoms with van der Waals surface area (Å²) in [5.41, 5.74) is 7.98. The van der Waals surface area contributed by atoms with Crippen LogP contribution in [-0.4, -0.2) is 43.2 Å². The Labute approximate surface area is 90.8 Å². The molecule has 0 aromatic carbocycles. The summed E-state index contributed by atoms with van der Waals surface area (Å²) in [6, 6.07) is -0.523. The maximum atomic E-state index is 12.0. The number of hydrogen-bond donors (Lipinski definition) is 0. The fourth-order valence-electron chi connectivity index (χ4n) is 2.47. The summed E-state index contributed by atoms with van der Waals surface area (Å²) in [5, 5.41) is 0. The number of nitrogens with one attached hydrogen (secondary N) is 1. The maximum absolute atomic E-state index is 12.0. The van der Waals surface area contributed by atoms with Crippen LogP contribution in [0.3, 0.4) is 0 Å². The summed E-state index contributed by atoms with van der Waals surface area (Å²) in [7, 11) is 0. The van der Waals surface area contributed by atoms with Crippen molar-refractivity contribution >= 4 is 5.91 Å². The van der Waals surface area contributed by atoms with E-state index >= 15 is 0 Å². The molecule has 85 valence electrons. The van der Waals surface area contributed by atoms with Gasteiger partial charge in [-0.3, -0.25) is 4.79 Å². The molecular weight excluding hydrogens is 192 g/mol. The second-order valence-electron chi connectivity index (χ2n) is 4.46. The Morgan fingerprint density at radius 3 is 2.47 bits per heavy atom. The Balaban J connectivity index is 1.87. The molecule has 1 N–H and O–H groups in total. The zero-order valence-electron chi connectivity index (χ0n) is 9.08. The number of hydrogen-bond acceptors (Lipinski definition) is 2. The van der Waals surface area contributed by atoms with Gasteiger partial charge in [0, 0.05) is 13.1 Å². The van der Waals surface area contributed by atoms with Crippen LogP contribution < -0.4 is 5.73 Å². The topological polar surface area (TPSA) is 53.3 Å². The number of morpholine rings is 1. The van der Waals surface area contributed by atoms with Crippen LogP contribution in [0.25, 0.3) is 0 Å². The number of nitrogens with zero attached hydrogens (tertiary/aromatic N) is 1. The molecule has 2 fully saturated rings. The molecular formula is C11H19N2O2. The lowest BCUT2D eigenvalue weighted by molar-refractivity contribution is -0.138. The Morgan fingerprint density at radius 2 is 1.87 bits per heavy atom. The molecule has 1 amide bonds. The third-order valence-corrected chi connectivity index (χ3v) is 3.46. The van der Waals surface area contributed by atoms with Gasteiger partial charge in [0.25, 0.3) is 0 Å². The Kier molecular flexibility index (Phi) is 3.59. The highest BCUT2D eigenvalue weighted by molar-refractivity contribution is 5.82. The van der Waals surface area contributed by atoms with E-state index in [1.807, 2.05) is 0 Å². The molecule has 4 nitrogen and oxygen atoms in total. The van der Waals surface area contributed by atoms with Crippen molar-refractivity contribution in [2.24, 2.45) is 5.92 Å². The average Bonchev–Trinajstić information content (AvgIpc) is 2.82. The van der Waals surface area contributed by atoms with Gasteiger partial charge in [-0.1, -0.05) is 12.8 Å². The first-order valence-electron chi connectivity index (χ1n) is 5.86. The average molecular weight is 211 g/mol. The highest BCUT2D eigenvalue weighted by Crippen LogP contribution is 2.28. The fourth-order valence-corrected chi connectivity index (χ4v) is 2.47. The van der Waals surface area contributed by atoms with Crippen LogP contribution in [0.2, 0.25) is 0 Å². The molecule has 4 heteroatoms. The molecule has 1 unspecified atom stereocenters. The minimum absolute atomic E-state index is 0.0187. The van der Waals surface area contributed by atoms with Gasteiger partial charge in [0.1, 0.15) is 6.04 Å². The van der Waals surface area contributed by atoms with Crippen LogP contribution in [0.1, 0.15) is 25.7 Å². The summed E-state index contributed by atoms with van der Waals surface area (Å²) in [4.78, 5) is 13.8. The standard InChI is InChI=1S/C11H19N2O2/c12-10(9-3-1-2-4-9)11(14)13-5-7-15-8-6-13/h9-10,12H,1-8H2. The third-order valence-electron chi connectivity index (χ3n) is 3.46. The zero-order chi connectivity index (χ0) is 10.7. The molecule has 1 radical (unpaired) electrons. The van der Waals surface area contributed by atoms with Crippen LogP contribution in [0.15, 0.2) is 0 Å². The van der Waals surface area contributed by atoms with E-state index in [-0.39, 0.29) is 5.91 Å². The summed E-state index contributed by atoms with van der Waals surface area (Å²) in [6.45, 7) is 2.59. The number of carbonyl (C=O) groups excluding carboxylic acids is 1. The van der Waals surface area contributed by atoms with Gasteiger partial charge >= 0.3 is 0 Å². The highest BCUT2D eigenvalue weighted by Gasteiger charge is 2.31. The molecule has 2 aliphatic rings. The smallest absolute Gasteiger partial charge is 0.241 e. The molecule has 0 aromatic heterocycles. The van der Waals surface area contributed by atoms with E-state index in [9.17, 15) is 4.79 Å². The highest BCUT2D eigenvalue weighted by atomic mass is 16.5. The van der Waals surface area contributed by atoms with Crippen molar-refractivity contribution in [3.05, 3.63) is 0 Å². The Morgan fingerprint density at radius 1 is 1.27 bits per heavy atom. The summed E-state index contributed by atoms with van der Waals surface area (Å²) in [6.07, 6.45) is 4.50. The molecule has 1 aliphatic carbocycles. The van der Waals surface area contributed by atoms with Crippen molar-refractivity contribution in [1.82, 2.24) is 10.6 Å². The Bertz CT molecular complexity index is 221. The first kappa shape index (κ1) is 10.9. The van der Waals surface area contributed by atoms with Crippen molar-refractivity contribution in [1.29, 1.82) is 0 Å². The predicted molar refractivity (Wildman–Crippen MR) is 56.2 cm³/mol. The van der Waals surface area contributed by atoms with Crippen molar-refractivity contribution in [3.8, 4) is 0 Å². The van der Waals surface area contributed by atoms with Crippen molar-refractivity contribution in [3.63, 3.8) is 0 Å². The lowest BCUT2D eigenvalue weighted by Gasteiger charge is -2.30. The van der Waals surface area contributed by atoms with E-state index < -0.39 is 6.04 Å². The lowest BCUT2D eigenvalue weighted by Crippen LogP contribution is -2.48. The monoisotopic (exact) mass is 211 g/mol. The van der Waals surface area contributed by atoms with Crippen LogP contribution in [0, 0.1) is 5.92 Å². The molecule has 1 heterocycles. The van der Waals surface area contributed by atoms with E-state index in [0.29, 0.717) is 32.2 Å². The zero-order valence-corrected chi connectivity index (χ0v) is 9.08. The van der Waals surface area contributed by atoms with Gasteiger partial charge in [-0.15, -0.1) is 0 Å². The lowest BCUT2D eigenvalue weighted by atomic mass is 9.98. The summed E-state index contributed by atoms with van der Waals surface area (Å²) in [5.74, 6) is 0.325. The number of rotatable bonds is 2. The molecule has 0 bridgehead atoms. The van der Waals surface area contributed by atoms with Crippen molar-refractivity contribution in [2.45, 2.75) is 31.7 Å². The Hall–Kier alpha value is -0.610. The third kappa shape index (κ3) is 2.49. The number of amides is 1. The van der Waals surface area contributed by atoms with Gasteiger partial charge in [-0.25, -0.2) is 5.73 Å². The van der Waals surface area contributed by atoms with E-state index in [1.165, 1.54) is 12.8 Å². The van der Waals surface area contributed by atoms with Gasteiger partial charge in [0.2, 0.25) is 5.91 Å². The second kappa shape index (κ2) is 4.94. The van der Waals surface area contributed by atoms with Crippen molar-refractivity contribution in [2.75, 3.05) is 26.3 Å². The van der Waals surface area contributed by atoms with Crippen LogP contribution >= 0.6 is 0 Å². The van der Waals surface area contributed by atoms with E-state index in [1.54, 1.807) is 4.90 Å². The minimum Gasteiger partial charge on any atom is -0.378 e. The summed E-state index contributed by atoms with van der Waals surface area (Å²) < 4.78 is 5.20. The SMILES string of the molecule is [NH]C(C(=O)N1CCOCC1)C1CCCC1. The number of ether oxygens (including phenoxy) is 1. The first-order valence-corrected chi connectivity index (χ1v) is 5.86. The van der Waals surface area contributed by atoms with Crippen LogP contribution in [0.5, 0.6) is 0 Å². The van der Waals surface area contributed by atoms with Crippen LogP contribution in [-0.2, 0) is 9.53 Å². The van der Waals surface area contributed by atoms with Gasteiger partial charge < -0.3 is 9.64 Å². The minimum atomic E-state index is -0.523. The molecule has 1 saturated heterocycles. The molecule has 0 spiro atoms. The largest absolute Gasteiger partial charge is 0.378 e. The molecule has 1 aliphatic heterocycles. The molecule has 2 rings (SSSR count). The molecule has 0 aromatic rings. The summed E-state index contributed by atoms with van der Waals surface area (Å²) >= 11 is 0. The predicted octanol–water partition coefficient (Wildman–Crippen LogP) is 0.687. The van der Waals surface area contributed by atoms with Gasteiger partial charge in [-0.2, -0.15) is 0 Å².